The minimum absolute atomic E-state index is 0.0863. The van der Waals surface area contributed by atoms with Gasteiger partial charge in [-0.2, -0.15) is 0 Å². The molecule has 0 heterocycles. The van der Waals surface area contributed by atoms with E-state index in [2.05, 4.69) is 19.0 Å². The van der Waals surface area contributed by atoms with Crippen LogP contribution < -0.4 is 5.46 Å². The van der Waals surface area contributed by atoms with E-state index in [-0.39, 0.29) is 23.9 Å². The lowest BCUT2D eigenvalue weighted by Crippen LogP contribution is -2.22. The first-order chi connectivity index (χ1) is 7.69. The molecule has 0 unspecified atom stereocenters. The minimum Gasteiger partial charge on any atom is -0.299 e. The van der Waals surface area contributed by atoms with Crippen molar-refractivity contribution in [2.24, 2.45) is 0 Å². The molecule has 2 nitrogen and oxygen atoms in total. The van der Waals surface area contributed by atoms with Gasteiger partial charge in [-0.25, -0.2) is 0 Å². The molecule has 1 aliphatic rings. The number of benzene rings is 1. The molecule has 1 aliphatic carbocycles. The Bertz CT molecular complexity index is 410. The van der Waals surface area contributed by atoms with Gasteiger partial charge in [-0.15, -0.1) is 0 Å². The summed E-state index contributed by atoms with van der Waals surface area (Å²) in [5.74, 6) is 0.284. The van der Waals surface area contributed by atoms with E-state index in [1.165, 1.54) is 5.46 Å². The van der Waals surface area contributed by atoms with Crippen LogP contribution in [0.15, 0.2) is 24.3 Å². The third-order valence-electron chi connectivity index (χ3n) is 3.17. The molecule has 1 aromatic carbocycles. The molecule has 0 spiro atoms. The van der Waals surface area contributed by atoms with Crippen molar-refractivity contribution in [1.29, 1.82) is 0 Å². The molecule has 0 saturated heterocycles. The molecular formula is C13H15BO2. The number of rotatable bonds is 2. The van der Waals surface area contributed by atoms with Gasteiger partial charge in [0, 0.05) is 12.8 Å². The predicted octanol–water partition coefficient (Wildman–Crippen LogP) is 1.20. The lowest BCUT2D eigenvalue weighted by molar-refractivity contribution is -0.130. The summed E-state index contributed by atoms with van der Waals surface area (Å²) in [6, 6.07) is 8.24. The molecule has 1 fully saturated rings. The Balaban J connectivity index is 2.22. The van der Waals surface area contributed by atoms with E-state index in [0.29, 0.717) is 12.8 Å². The monoisotopic (exact) mass is 214 g/mol. The standard InChI is InChI=1S/C13H15BO2/c1-14-11-4-2-3-9(5-11)10-6-12(15)8-13(16)7-10/h2-5,10,14H,6-8H2,1H3. The molecule has 0 aliphatic heterocycles. The van der Waals surface area contributed by atoms with E-state index in [1.807, 2.05) is 12.1 Å². The van der Waals surface area contributed by atoms with Gasteiger partial charge in [0.1, 0.15) is 11.6 Å². The van der Waals surface area contributed by atoms with E-state index < -0.39 is 0 Å². The predicted molar refractivity (Wildman–Crippen MR) is 65.7 cm³/mol. The van der Waals surface area contributed by atoms with E-state index in [4.69, 9.17) is 0 Å². The Hall–Kier alpha value is -1.38. The Morgan fingerprint density at radius 1 is 1.19 bits per heavy atom. The van der Waals surface area contributed by atoms with Crippen molar-refractivity contribution < 1.29 is 9.59 Å². The van der Waals surface area contributed by atoms with E-state index in [0.717, 1.165) is 12.8 Å². The molecular weight excluding hydrogens is 199 g/mol. The Kier molecular flexibility index (Phi) is 3.23. The molecule has 3 heteroatoms. The fourth-order valence-electron chi connectivity index (χ4n) is 2.29. The van der Waals surface area contributed by atoms with Gasteiger partial charge in [-0.3, -0.25) is 9.59 Å². The summed E-state index contributed by atoms with van der Waals surface area (Å²) in [5, 5.41) is 0. The van der Waals surface area contributed by atoms with Crippen LogP contribution in [-0.4, -0.2) is 18.8 Å². The van der Waals surface area contributed by atoms with E-state index in [9.17, 15) is 9.59 Å². The summed E-state index contributed by atoms with van der Waals surface area (Å²) in [5.41, 5.74) is 2.41. The summed E-state index contributed by atoms with van der Waals surface area (Å²) in [6.45, 7) is 2.11. The Labute approximate surface area is 96.3 Å². The molecule has 82 valence electrons. The Morgan fingerprint density at radius 3 is 2.50 bits per heavy atom. The van der Waals surface area contributed by atoms with Gasteiger partial charge in [0.25, 0.3) is 0 Å². The number of Topliss-reactive ketones (excluding diaryl/α,β-unsaturated/α-hetero) is 2. The first kappa shape index (κ1) is 11.1. The van der Waals surface area contributed by atoms with Crippen molar-refractivity contribution in [1.82, 2.24) is 0 Å². The second kappa shape index (κ2) is 4.64. The van der Waals surface area contributed by atoms with Crippen molar-refractivity contribution in [2.45, 2.75) is 32.0 Å². The number of hydrogen-bond donors (Lipinski definition) is 0. The molecule has 1 aromatic rings. The minimum atomic E-state index is 0.0863. The van der Waals surface area contributed by atoms with Crippen molar-refractivity contribution >= 4 is 24.3 Å². The molecule has 0 N–H and O–H groups in total. The maximum atomic E-state index is 11.4. The van der Waals surface area contributed by atoms with Gasteiger partial charge in [-0.05, 0) is 11.5 Å². The maximum absolute atomic E-state index is 11.4. The highest BCUT2D eigenvalue weighted by Crippen LogP contribution is 2.28. The quantitative estimate of drug-likeness (QED) is 0.547. The van der Waals surface area contributed by atoms with Crippen LogP contribution in [0, 0.1) is 0 Å². The first-order valence-corrected chi connectivity index (χ1v) is 5.81. The zero-order chi connectivity index (χ0) is 11.5. The van der Waals surface area contributed by atoms with Gasteiger partial charge in [0.15, 0.2) is 7.28 Å². The normalized spacial score (nSPS) is 17.6. The van der Waals surface area contributed by atoms with Gasteiger partial charge in [0.05, 0.1) is 6.42 Å². The maximum Gasteiger partial charge on any atom is 0.154 e. The number of carbonyl (C=O) groups excluding carboxylic acids is 2. The Morgan fingerprint density at radius 2 is 1.88 bits per heavy atom. The largest absolute Gasteiger partial charge is 0.299 e. The van der Waals surface area contributed by atoms with Gasteiger partial charge >= 0.3 is 0 Å². The summed E-state index contributed by atoms with van der Waals surface area (Å²) >= 11 is 0. The first-order valence-electron chi connectivity index (χ1n) is 5.81. The topological polar surface area (TPSA) is 34.1 Å². The molecule has 1 saturated carbocycles. The van der Waals surface area contributed by atoms with Gasteiger partial charge in [0.2, 0.25) is 0 Å². The van der Waals surface area contributed by atoms with Crippen LogP contribution in [0.1, 0.15) is 30.7 Å². The van der Waals surface area contributed by atoms with Crippen LogP contribution in [0.25, 0.3) is 0 Å². The highest BCUT2D eigenvalue weighted by Gasteiger charge is 2.26. The zero-order valence-corrected chi connectivity index (χ0v) is 9.53. The summed E-state index contributed by atoms with van der Waals surface area (Å²) in [7, 11) is 0.989. The summed E-state index contributed by atoms with van der Waals surface area (Å²) in [6.07, 6.45) is 1.20. The molecule has 0 radical (unpaired) electrons. The van der Waals surface area contributed by atoms with Gasteiger partial charge < -0.3 is 0 Å². The average Bonchev–Trinajstić information content (AvgIpc) is 2.28. The average molecular weight is 214 g/mol. The summed E-state index contributed by atoms with van der Waals surface area (Å²) < 4.78 is 0. The second-order valence-electron chi connectivity index (χ2n) is 4.46. The number of ketones is 2. The SMILES string of the molecule is CBc1cccc(C2CC(=O)CC(=O)C2)c1. The van der Waals surface area contributed by atoms with Crippen LogP contribution >= 0.6 is 0 Å². The third kappa shape index (κ3) is 2.41. The van der Waals surface area contributed by atoms with E-state index in [1.54, 1.807) is 0 Å². The molecule has 0 aromatic heterocycles. The van der Waals surface area contributed by atoms with Crippen molar-refractivity contribution in [2.75, 3.05) is 0 Å². The van der Waals surface area contributed by atoms with Gasteiger partial charge in [-0.1, -0.05) is 36.6 Å². The van der Waals surface area contributed by atoms with Crippen LogP contribution in [0.5, 0.6) is 0 Å². The second-order valence-corrected chi connectivity index (χ2v) is 4.46. The smallest absolute Gasteiger partial charge is 0.154 e. The van der Waals surface area contributed by atoms with Crippen LogP contribution in [0.2, 0.25) is 6.82 Å². The van der Waals surface area contributed by atoms with Crippen LogP contribution in [0.3, 0.4) is 0 Å². The van der Waals surface area contributed by atoms with E-state index >= 15 is 0 Å². The highest BCUT2D eigenvalue weighted by atomic mass is 16.1. The highest BCUT2D eigenvalue weighted by molar-refractivity contribution is 6.51. The van der Waals surface area contributed by atoms with Crippen molar-refractivity contribution in [3.05, 3.63) is 29.8 Å². The molecule has 0 amide bonds. The molecule has 0 atom stereocenters. The number of carbonyl (C=O) groups is 2. The fraction of sp³-hybridized carbons (Fsp3) is 0.385. The summed E-state index contributed by atoms with van der Waals surface area (Å²) in [4.78, 5) is 22.8. The van der Waals surface area contributed by atoms with Crippen LogP contribution in [-0.2, 0) is 9.59 Å². The van der Waals surface area contributed by atoms with Crippen molar-refractivity contribution in [3.63, 3.8) is 0 Å². The zero-order valence-electron chi connectivity index (χ0n) is 9.53. The lowest BCUT2D eigenvalue weighted by atomic mass is 9.71. The number of hydrogen-bond acceptors (Lipinski definition) is 2. The molecule has 16 heavy (non-hydrogen) atoms. The molecule has 2 rings (SSSR count). The third-order valence-corrected chi connectivity index (χ3v) is 3.17. The van der Waals surface area contributed by atoms with Crippen LogP contribution in [0.4, 0.5) is 0 Å². The fourth-order valence-corrected chi connectivity index (χ4v) is 2.29. The lowest BCUT2D eigenvalue weighted by Gasteiger charge is -2.20. The van der Waals surface area contributed by atoms with Crippen molar-refractivity contribution in [3.8, 4) is 0 Å². The molecule has 0 bridgehead atoms.